The van der Waals surface area contributed by atoms with Crippen molar-refractivity contribution >= 4 is 5.69 Å². The zero-order valence-corrected chi connectivity index (χ0v) is 11.9. The Morgan fingerprint density at radius 1 is 1.05 bits per heavy atom. The number of nitrogens with two attached hydrogens (primary N) is 1. The summed E-state index contributed by atoms with van der Waals surface area (Å²) in [6.07, 6.45) is 2.05. The maximum absolute atomic E-state index is 9.39. The summed E-state index contributed by atoms with van der Waals surface area (Å²) in [6.45, 7) is 2.01. The van der Waals surface area contributed by atoms with Crippen molar-refractivity contribution in [3.63, 3.8) is 0 Å². The Morgan fingerprint density at radius 3 is 2.50 bits per heavy atom. The average Bonchev–Trinajstić information content (AvgIpc) is 2.44. The van der Waals surface area contributed by atoms with E-state index in [1.54, 1.807) is 6.07 Å². The topological polar surface area (TPSA) is 49.5 Å². The van der Waals surface area contributed by atoms with Crippen molar-refractivity contribution in [3.8, 4) is 5.75 Å². The molecule has 3 heteroatoms. The van der Waals surface area contributed by atoms with Crippen LogP contribution < -0.4 is 5.73 Å². The van der Waals surface area contributed by atoms with Crippen LogP contribution in [0.1, 0.15) is 17.5 Å². The Bertz CT molecular complexity index is 540. The Balaban J connectivity index is 1.76. The lowest BCUT2D eigenvalue weighted by atomic mass is 10.1. The smallest absolute Gasteiger partial charge is 0.138 e. The molecule has 106 valence electrons. The largest absolute Gasteiger partial charge is 0.506 e. The van der Waals surface area contributed by atoms with Crippen molar-refractivity contribution in [2.24, 2.45) is 0 Å². The first-order valence-corrected chi connectivity index (χ1v) is 6.95. The molecule has 0 atom stereocenters. The lowest BCUT2D eigenvalue weighted by molar-refractivity contribution is 0.322. The van der Waals surface area contributed by atoms with Gasteiger partial charge in [-0.2, -0.15) is 0 Å². The van der Waals surface area contributed by atoms with Crippen LogP contribution in [-0.2, 0) is 13.0 Å². The Hall–Kier alpha value is -2.00. The molecule has 0 amide bonds. The van der Waals surface area contributed by atoms with Crippen LogP contribution in [-0.4, -0.2) is 23.6 Å². The van der Waals surface area contributed by atoms with E-state index < -0.39 is 0 Å². The lowest BCUT2D eigenvalue weighted by Gasteiger charge is -2.16. The molecule has 0 aliphatic carbocycles. The molecule has 2 rings (SSSR count). The van der Waals surface area contributed by atoms with E-state index in [4.69, 9.17) is 5.73 Å². The molecule has 0 saturated heterocycles. The number of nitrogens with zero attached hydrogens (tertiary/aromatic N) is 1. The van der Waals surface area contributed by atoms with Crippen molar-refractivity contribution in [2.75, 3.05) is 19.3 Å². The van der Waals surface area contributed by atoms with E-state index in [0.717, 1.165) is 25.9 Å². The number of anilines is 1. The highest BCUT2D eigenvalue weighted by Gasteiger charge is 2.02. The summed E-state index contributed by atoms with van der Waals surface area (Å²) in [6, 6.07) is 15.9. The molecule has 3 N–H and O–H groups in total. The van der Waals surface area contributed by atoms with E-state index in [2.05, 4.69) is 36.2 Å². The summed E-state index contributed by atoms with van der Waals surface area (Å²) >= 11 is 0. The van der Waals surface area contributed by atoms with Gasteiger partial charge >= 0.3 is 0 Å². The Morgan fingerprint density at radius 2 is 1.80 bits per heavy atom. The maximum Gasteiger partial charge on any atom is 0.138 e. The summed E-state index contributed by atoms with van der Waals surface area (Å²) in [4.78, 5) is 2.32. The van der Waals surface area contributed by atoms with Gasteiger partial charge in [0, 0.05) is 6.54 Å². The van der Waals surface area contributed by atoms with E-state index in [1.807, 2.05) is 18.2 Å². The van der Waals surface area contributed by atoms with Crippen LogP contribution in [0.2, 0.25) is 0 Å². The van der Waals surface area contributed by atoms with Gasteiger partial charge in [-0.15, -0.1) is 0 Å². The van der Waals surface area contributed by atoms with Crippen LogP contribution in [0.15, 0.2) is 48.5 Å². The zero-order valence-electron chi connectivity index (χ0n) is 11.9. The number of hydrogen-bond donors (Lipinski definition) is 2. The highest BCUT2D eigenvalue weighted by atomic mass is 16.3. The number of nitrogen functional groups attached to an aromatic ring is 1. The molecule has 0 radical (unpaired) electrons. The van der Waals surface area contributed by atoms with Gasteiger partial charge < -0.3 is 15.7 Å². The van der Waals surface area contributed by atoms with E-state index >= 15 is 0 Å². The monoisotopic (exact) mass is 270 g/mol. The normalized spacial score (nSPS) is 10.9. The molecular weight excluding hydrogens is 248 g/mol. The van der Waals surface area contributed by atoms with Gasteiger partial charge in [0.05, 0.1) is 5.69 Å². The van der Waals surface area contributed by atoms with Gasteiger partial charge in [0.1, 0.15) is 5.75 Å². The van der Waals surface area contributed by atoms with Gasteiger partial charge in [-0.1, -0.05) is 36.4 Å². The van der Waals surface area contributed by atoms with E-state index in [1.165, 1.54) is 11.1 Å². The van der Waals surface area contributed by atoms with E-state index in [-0.39, 0.29) is 5.75 Å². The quantitative estimate of drug-likeness (QED) is 0.626. The van der Waals surface area contributed by atoms with Crippen LogP contribution in [0, 0.1) is 0 Å². The first kappa shape index (κ1) is 14.4. The van der Waals surface area contributed by atoms with Crippen molar-refractivity contribution in [1.82, 2.24) is 4.90 Å². The minimum absolute atomic E-state index is 0.162. The molecule has 0 bridgehead atoms. The molecule has 2 aromatic rings. The number of aryl methyl sites for hydroxylation is 1. The molecule has 0 unspecified atom stereocenters. The minimum atomic E-state index is 0.162. The van der Waals surface area contributed by atoms with Gasteiger partial charge in [0.25, 0.3) is 0 Å². The fraction of sp³-hybridized carbons (Fsp3) is 0.294. The third kappa shape index (κ3) is 4.28. The summed E-state index contributed by atoms with van der Waals surface area (Å²) in [7, 11) is 2.14. The van der Waals surface area contributed by atoms with Crippen LogP contribution in [0.4, 0.5) is 5.69 Å². The predicted molar refractivity (Wildman–Crippen MR) is 83.6 cm³/mol. The van der Waals surface area contributed by atoms with Crippen molar-refractivity contribution in [3.05, 3.63) is 59.7 Å². The highest BCUT2D eigenvalue weighted by molar-refractivity contribution is 5.53. The van der Waals surface area contributed by atoms with Crippen LogP contribution in [0.5, 0.6) is 5.75 Å². The fourth-order valence-electron chi connectivity index (χ4n) is 2.29. The molecule has 0 heterocycles. The molecule has 0 aliphatic rings. The molecule has 0 fully saturated rings. The van der Waals surface area contributed by atoms with Crippen LogP contribution >= 0.6 is 0 Å². The zero-order chi connectivity index (χ0) is 14.4. The number of rotatable bonds is 6. The van der Waals surface area contributed by atoms with Gasteiger partial charge in [-0.25, -0.2) is 0 Å². The first-order valence-electron chi connectivity index (χ1n) is 6.95. The summed E-state index contributed by atoms with van der Waals surface area (Å²) in [5, 5.41) is 9.39. The average molecular weight is 270 g/mol. The molecule has 0 spiro atoms. The second-order valence-electron chi connectivity index (χ2n) is 5.22. The van der Waals surface area contributed by atoms with Gasteiger partial charge in [0.2, 0.25) is 0 Å². The van der Waals surface area contributed by atoms with Gasteiger partial charge in [-0.05, 0) is 49.7 Å². The number of hydrogen-bond acceptors (Lipinski definition) is 3. The second-order valence-corrected chi connectivity index (χ2v) is 5.22. The van der Waals surface area contributed by atoms with Crippen molar-refractivity contribution in [1.29, 1.82) is 0 Å². The van der Waals surface area contributed by atoms with Crippen molar-refractivity contribution in [2.45, 2.75) is 19.4 Å². The number of benzene rings is 2. The fourth-order valence-corrected chi connectivity index (χ4v) is 2.29. The second kappa shape index (κ2) is 6.96. The standard InChI is InChI=1S/C17H22N2O/c1-19(13-15-6-3-2-4-7-15)11-5-8-14-9-10-17(20)16(18)12-14/h2-4,6-7,9-10,12,20H,5,8,11,13,18H2,1H3. The van der Waals surface area contributed by atoms with Gasteiger partial charge in [0.15, 0.2) is 0 Å². The summed E-state index contributed by atoms with van der Waals surface area (Å²) in [5.74, 6) is 0.162. The molecule has 0 aromatic heterocycles. The molecule has 0 saturated carbocycles. The number of phenolic OH excluding ortho intramolecular Hbond substituents is 1. The molecule has 0 aliphatic heterocycles. The van der Waals surface area contributed by atoms with E-state index in [0.29, 0.717) is 5.69 Å². The van der Waals surface area contributed by atoms with Crippen molar-refractivity contribution < 1.29 is 5.11 Å². The summed E-state index contributed by atoms with van der Waals surface area (Å²) < 4.78 is 0. The Kier molecular flexibility index (Phi) is 5.02. The van der Waals surface area contributed by atoms with E-state index in [9.17, 15) is 5.11 Å². The molecule has 2 aromatic carbocycles. The van der Waals surface area contributed by atoms with Crippen LogP contribution in [0.3, 0.4) is 0 Å². The molecule has 20 heavy (non-hydrogen) atoms. The number of aromatic hydroxyl groups is 1. The first-order chi connectivity index (χ1) is 9.65. The number of phenols is 1. The minimum Gasteiger partial charge on any atom is -0.506 e. The SMILES string of the molecule is CN(CCCc1ccc(O)c(N)c1)Cc1ccccc1. The maximum atomic E-state index is 9.39. The highest BCUT2D eigenvalue weighted by Crippen LogP contribution is 2.21. The lowest BCUT2D eigenvalue weighted by Crippen LogP contribution is -2.19. The molecule has 3 nitrogen and oxygen atoms in total. The third-order valence-electron chi connectivity index (χ3n) is 3.39. The predicted octanol–water partition coefficient (Wildman–Crippen LogP) is 3.04. The Labute approximate surface area is 120 Å². The van der Waals surface area contributed by atoms with Crippen LogP contribution in [0.25, 0.3) is 0 Å². The van der Waals surface area contributed by atoms with Gasteiger partial charge in [-0.3, -0.25) is 0 Å². The molecular formula is C17H22N2O. The summed E-state index contributed by atoms with van der Waals surface area (Å²) in [5.41, 5.74) is 8.66. The third-order valence-corrected chi connectivity index (χ3v) is 3.39.